The zero-order valence-electron chi connectivity index (χ0n) is 4.89. The van der Waals surface area contributed by atoms with Crippen molar-refractivity contribution in [3.05, 3.63) is 12.6 Å². The van der Waals surface area contributed by atoms with Crippen LogP contribution in [0.4, 0.5) is 4.79 Å². The van der Waals surface area contributed by atoms with Crippen molar-refractivity contribution in [1.29, 1.82) is 0 Å². The molecule has 0 aliphatic heterocycles. The molecule has 0 bridgehead atoms. The van der Waals surface area contributed by atoms with Crippen molar-refractivity contribution in [2.24, 2.45) is 0 Å². The summed E-state index contributed by atoms with van der Waals surface area (Å²) < 4.78 is 4.52. The van der Waals surface area contributed by atoms with Crippen molar-refractivity contribution in [2.75, 3.05) is 6.61 Å². The van der Waals surface area contributed by atoms with Crippen LogP contribution in [-0.2, 0) is 4.74 Å². The molecule has 0 heterocycles. The molecule has 0 saturated carbocycles. The molecule has 0 unspecified atom stereocenters. The number of rotatable bonds is 3. The highest BCUT2D eigenvalue weighted by Crippen LogP contribution is 1.77. The zero-order chi connectivity index (χ0) is 6.41. The minimum Gasteiger partial charge on any atom is -0.474 e. The predicted octanol–water partition coefficient (Wildman–Crippen LogP) is 0.991. The SMILES string of the molecule is C=C[B]C(=O)OCC. The van der Waals surface area contributed by atoms with E-state index in [2.05, 4.69) is 11.3 Å². The number of carbonyl (C=O) groups excluding carboxylic acids is 1. The van der Waals surface area contributed by atoms with Crippen molar-refractivity contribution in [2.45, 2.75) is 6.92 Å². The zero-order valence-corrected chi connectivity index (χ0v) is 4.89. The third kappa shape index (κ3) is 3.46. The third-order valence-corrected chi connectivity index (χ3v) is 0.541. The maximum Gasteiger partial charge on any atom is 0.290 e. The Bertz CT molecular complexity index is 90.4. The predicted molar refractivity (Wildman–Crippen MR) is 33.0 cm³/mol. The summed E-state index contributed by atoms with van der Waals surface area (Å²) in [5.74, 6) is 1.07. The number of hydrogen-bond acceptors (Lipinski definition) is 2. The van der Waals surface area contributed by atoms with Gasteiger partial charge in [0.2, 0.25) is 5.87 Å². The first kappa shape index (κ1) is 7.27. The average Bonchev–Trinajstić information content (AvgIpc) is 1.68. The van der Waals surface area contributed by atoms with Gasteiger partial charge in [-0.05, 0) is 6.92 Å². The molecule has 0 saturated heterocycles. The summed E-state index contributed by atoms with van der Waals surface area (Å²) in [4.78, 5) is 10.3. The lowest BCUT2D eigenvalue weighted by Gasteiger charge is -1.94. The van der Waals surface area contributed by atoms with E-state index >= 15 is 0 Å². The lowest BCUT2D eigenvalue weighted by molar-refractivity contribution is 0.179. The number of carbonyl (C=O) groups is 1. The van der Waals surface area contributed by atoms with Crippen molar-refractivity contribution in [3.63, 3.8) is 0 Å². The highest BCUT2D eigenvalue weighted by Gasteiger charge is 1.96. The number of ether oxygens (including phenoxy) is 1. The maximum atomic E-state index is 10.3. The van der Waals surface area contributed by atoms with E-state index in [1.54, 1.807) is 6.92 Å². The van der Waals surface area contributed by atoms with Crippen LogP contribution in [0.1, 0.15) is 6.92 Å². The van der Waals surface area contributed by atoms with Crippen LogP contribution in [-0.4, -0.2) is 19.8 Å². The van der Waals surface area contributed by atoms with E-state index in [-0.39, 0.29) is 5.87 Å². The summed E-state index contributed by atoms with van der Waals surface area (Å²) in [5.41, 5.74) is 0. The van der Waals surface area contributed by atoms with Crippen LogP contribution in [0.3, 0.4) is 0 Å². The molecule has 3 heteroatoms. The third-order valence-electron chi connectivity index (χ3n) is 0.541. The van der Waals surface area contributed by atoms with Crippen molar-refractivity contribution in [1.82, 2.24) is 0 Å². The van der Waals surface area contributed by atoms with Gasteiger partial charge in [-0.15, -0.1) is 12.6 Å². The molecule has 2 nitrogen and oxygen atoms in total. The van der Waals surface area contributed by atoms with Gasteiger partial charge in [0.25, 0.3) is 7.28 Å². The van der Waals surface area contributed by atoms with Crippen molar-refractivity contribution < 1.29 is 9.53 Å². The molecule has 0 aromatic rings. The molecule has 0 spiro atoms. The van der Waals surface area contributed by atoms with Gasteiger partial charge < -0.3 is 4.74 Å². The molecule has 0 rings (SSSR count). The Balaban J connectivity index is 3.18. The molecule has 0 aliphatic carbocycles. The Morgan fingerprint density at radius 1 is 2.00 bits per heavy atom. The molecule has 0 aliphatic rings. The fourth-order valence-electron chi connectivity index (χ4n) is 0.287. The molecule has 0 aromatic heterocycles. The topological polar surface area (TPSA) is 26.3 Å². The van der Waals surface area contributed by atoms with Gasteiger partial charge in [0.1, 0.15) is 0 Å². The first-order valence-corrected chi connectivity index (χ1v) is 2.43. The van der Waals surface area contributed by atoms with E-state index in [0.717, 1.165) is 0 Å². The molecule has 1 radical (unpaired) electrons. The van der Waals surface area contributed by atoms with Gasteiger partial charge in [-0.3, -0.25) is 4.79 Å². The van der Waals surface area contributed by atoms with Gasteiger partial charge >= 0.3 is 0 Å². The summed E-state index contributed by atoms with van der Waals surface area (Å²) in [6, 6.07) is 0. The second-order valence-electron chi connectivity index (χ2n) is 1.15. The normalized spacial score (nSPS) is 7.62. The standard InChI is InChI=1S/C5H8BO2/c1-3-6-5(7)8-4-2/h3H,1,4H2,2H3. The van der Waals surface area contributed by atoms with E-state index in [1.807, 2.05) is 0 Å². The summed E-state index contributed by atoms with van der Waals surface area (Å²) in [6.07, 6.45) is 0. The van der Waals surface area contributed by atoms with Crippen LogP contribution in [0.2, 0.25) is 0 Å². The second-order valence-corrected chi connectivity index (χ2v) is 1.15. The monoisotopic (exact) mass is 111 g/mol. The molecule has 0 fully saturated rings. The second kappa shape index (κ2) is 4.43. The van der Waals surface area contributed by atoms with Crippen LogP contribution in [0, 0.1) is 0 Å². The fourth-order valence-corrected chi connectivity index (χ4v) is 0.287. The van der Waals surface area contributed by atoms with E-state index in [0.29, 0.717) is 6.61 Å². The molecule has 43 valence electrons. The molecule has 8 heavy (non-hydrogen) atoms. The summed E-state index contributed by atoms with van der Waals surface area (Å²) in [6.45, 7) is 5.51. The first-order valence-electron chi connectivity index (χ1n) is 2.43. The van der Waals surface area contributed by atoms with Gasteiger partial charge in [0.15, 0.2) is 0 Å². The average molecular weight is 111 g/mol. The van der Waals surface area contributed by atoms with Gasteiger partial charge in [-0.1, -0.05) is 0 Å². The van der Waals surface area contributed by atoms with Crippen LogP contribution in [0.15, 0.2) is 12.6 Å². The smallest absolute Gasteiger partial charge is 0.290 e. The summed E-state index contributed by atoms with van der Waals surface area (Å²) >= 11 is 0. The van der Waals surface area contributed by atoms with E-state index in [9.17, 15) is 4.79 Å². The minimum absolute atomic E-state index is 0.331. The lowest BCUT2D eigenvalue weighted by Crippen LogP contribution is -2.07. The Morgan fingerprint density at radius 2 is 2.62 bits per heavy atom. The molecule has 0 N–H and O–H groups in total. The molecule has 0 atom stereocenters. The van der Waals surface area contributed by atoms with Gasteiger partial charge in [0, 0.05) is 0 Å². The van der Waals surface area contributed by atoms with Crippen LogP contribution in [0.25, 0.3) is 0 Å². The largest absolute Gasteiger partial charge is 0.474 e. The first-order chi connectivity index (χ1) is 3.81. The Hall–Kier alpha value is -0.725. The Labute approximate surface area is 49.8 Å². The quantitative estimate of drug-likeness (QED) is 0.507. The van der Waals surface area contributed by atoms with Crippen LogP contribution in [0.5, 0.6) is 0 Å². The highest BCUT2D eigenvalue weighted by molar-refractivity contribution is 6.75. The molecular weight excluding hydrogens is 103 g/mol. The molecule has 0 aromatic carbocycles. The highest BCUT2D eigenvalue weighted by atomic mass is 16.5. The maximum absolute atomic E-state index is 10.3. The molecule has 0 amide bonds. The van der Waals surface area contributed by atoms with E-state index < -0.39 is 0 Å². The minimum atomic E-state index is -0.331. The van der Waals surface area contributed by atoms with E-state index in [4.69, 9.17) is 0 Å². The number of hydrogen-bond donors (Lipinski definition) is 0. The van der Waals surface area contributed by atoms with Gasteiger partial charge in [-0.2, -0.15) is 0 Å². The van der Waals surface area contributed by atoms with E-state index in [1.165, 1.54) is 13.3 Å². The van der Waals surface area contributed by atoms with Gasteiger partial charge in [0.05, 0.1) is 6.61 Å². The lowest BCUT2D eigenvalue weighted by atomic mass is 9.80. The summed E-state index contributed by atoms with van der Waals surface area (Å²) in [7, 11) is 1.28. The molecular formula is C5H8BO2. The fraction of sp³-hybridized carbons (Fsp3) is 0.400. The van der Waals surface area contributed by atoms with Gasteiger partial charge in [-0.25, -0.2) is 0 Å². The summed E-state index contributed by atoms with van der Waals surface area (Å²) in [5, 5.41) is 0. The van der Waals surface area contributed by atoms with Crippen molar-refractivity contribution >= 4 is 13.1 Å². The Morgan fingerprint density at radius 3 is 3.00 bits per heavy atom. The Kier molecular flexibility index (Phi) is 4.03. The van der Waals surface area contributed by atoms with Crippen LogP contribution < -0.4 is 0 Å². The van der Waals surface area contributed by atoms with Crippen molar-refractivity contribution in [3.8, 4) is 0 Å². The van der Waals surface area contributed by atoms with Crippen LogP contribution >= 0.6 is 0 Å².